The Morgan fingerprint density at radius 1 is 1.29 bits per heavy atom. The molecule has 0 unspecified atom stereocenters. The molecule has 1 aliphatic heterocycles. The van der Waals surface area contributed by atoms with E-state index in [4.69, 9.17) is 5.73 Å². The summed E-state index contributed by atoms with van der Waals surface area (Å²) in [6.45, 7) is 0. The van der Waals surface area contributed by atoms with Crippen molar-refractivity contribution in [1.29, 1.82) is 0 Å². The lowest BCUT2D eigenvalue weighted by Gasteiger charge is -2.11. The summed E-state index contributed by atoms with van der Waals surface area (Å²) in [4.78, 5) is 35.8. The predicted octanol–water partition coefficient (Wildman–Crippen LogP) is -0.172. The number of hydrogen-bond donors (Lipinski definition) is 2. The topological polar surface area (TPSA) is 111 Å². The predicted molar refractivity (Wildman–Crippen MR) is 77.0 cm³/mol. The van der Waals surface area contributed by atoms with Crippen molar-refractivity contribution in [3.63, 3.8) is 0 Å². The molecule has 1 aromatic heterocycles. The van der Waals surface area contributed by atoms with E-state index >= 15 is 0 Å². The number of hydrazone groups is 1. The number of anilines is 1. The van der Waals surface area contributed by atoms with Crippen LogP contribution in [0, 0.1) is 0 Å². The smallest absolute Gasteiger partial charge is 0.336 e. The Balaban J connectivity index is 2.18. The molecule has 0 fully saturated rings. The molecule has 2 aromatic rings. The Hall–Kier alpha value is -2.90. The largest absolute Gasteiger partial charge is 0.399 e. The van der Waals surface area contributed by atoms with Gasteiger partial charge in [-0.15, -0.1) is 0 Å². The molecular formula is C13H13N5O3. The molecule has 21 heavy (non-hydrogen) atoms. The highest BCUT2D eigenvalue weighted by Gasteiger charge is 2.24. The second-order valence-corrected chi connectivity index (χ2v) is 4.82. The van der Waals surface area contributed by atoms with Gasteiger partial charge in [-0.2, -0.15) is 5.10 Å². The summed E-state index contributed by atoms with van der Waals surface area (Å²) in [5.74, 6) is -0.794. The van der Waals surface area contributed by atoms with Gasteiger partial charge in [0, 0.05) is 25.6 Å². The van der Waals surface area contributed by atoms with Crippen LogP contribution in [0.2, 0.25) is 0 Å². The highest BCUT2D eigenvalue weighted by Crippen LogP contribution is 2.16. The number of amides is 1. The second kappa shape index (κ2) is 4.58. The average molecular weight is 287 g/mol. The number of carbonyl (C=O) groups is 2. The molecule has 0 aliphatic carbocycles. The Kier molecular flexibility index (Phi) is 2.86. The Morgan fingerprint density at radius 2 is 2.05 bits per heavy atom. The SMILES string of the molecule is Cn1c(=O)n(C(=O)C2=NNC(=O)CC2)c2cc(N)ccc21. The normalized spacial score (nSPS) is 14.9. The van der Waals surface area contributed by atoms with Crippen molar-refractivity contribution in [3.05, 3.63) is 28.7 Å². The number of aromatic nitrogens is 2. The van der Waals surface area contributed by atoms with Gasteiger partial charge in [0.2, 0.25) is 5.91 Å². The van der Waals surface area contributed by atoms with Crippen LogP contribution in [-0.2, 0) is 11.8 Å². The monoisotopic (exact) mass is 287 g/mol. The molecule has 0 radical (unpaired) electrons. The van der Waals surface area contributed by atoms with Crippen molar-refractivity contribution in [2.45, 2.75) is 12.8 Å². The third kappa shape index (κ3) is 2.00. The average Bonchev–Trinajstić information content (AvgIpc) is 2.70. The fourth-order valence-corrected chi connectivity index (χ4v) is 2.31. The Labute approximate surface area is 118 Å². The number of nitrogens with one attached hydrogen (secondary N) is 1. The molecular weight excluding hydrogens is 274 g/mol. The van der Waals surface area contributed by atoms with Crippen LogP contribution in [-0.4, -0.2) is 26.7 Å². The molecule has 0 bridgehead atoms. The van der Waals surface area contributed by atoms with E-state index in [0.29, 0.717) is 16.7 Å². The van der Waals surface area contributed by atoms with Gasteiger partial charge in [-0.25, -0.2) is 14.8 Å². The second-order valence-electron chi connectivity index (χ2n) is 4.82. The maximum Gasteiger partial charge on any atom is 0.336 e. The molecule has 0 atom stereocenters. The van der Waals surface area contributed by atoms with E-state index in [9.17, 15) is 14.4 Å². The minimum absolute atomic E-state index is 0.145. The third-order valence-corrected chi connectivity index (χ3v) is 3.43. The summed E-state index contributed by atoms with van der Waals surface area (Å²) in [7, 11) is 1.58. The molecule has 1 aliphatic rings. The summed E-state index contributed by atoms with van der Waals surface area (Å²) in [5, 5.41) is 3.73. The number of carbonyl (C=O) groups excluding carboxylic acids is 2. The van der Waals surface area contributed by atoms with Gasteiger partial charge in [0.15, 0.2) is 0 Å². The summed E-state index contributed by atoms with van der Waals surface area (Å²) in [6.07, 6.45) is 0.377. The first kappa shape index (κ1) is 13.1. The first-order chi connectivity index (χ1) is 9.99. The van der Waals surface area contributed by atoms with E-state index < -0.39 is 11.6 Å². The molecule has 3 rings (SSSR count). The van der Waals surface area contributed by atoms with E-state index in [1.165, 1.54) is 4.57 Å². The maximum atomic E-state index is 12.5. The highest BCUT2D eigenvalue weighted by molar-refractivity contribution is 6.41. The first-order valence-corrected chi connectivity index (χ1v) is 6.36. The van der Waals surface area contributed by atoms with E-state index in [-0.39, 0.29) is 24.5 Å². The third-order valence-electron chi connectivity index (χ3n) is 3.43. The van der Waals surface area contributed by atoms with Gasteiger partial charge in [0.25, 0.3) is 5.91 Å². The number of benzene rings is 1. The Morgan fingerprint density at radius 3 is 2.71 bits per heavy atom. The fraction of sp³-hybridized carbons (Fsp3) is 0.231. The molecule has 0 saturated carbocycles. The van der Waals surface area contributed by atoms with Crippen molar-refractivity contribution in [2.75, 3.05) is 5.73 Å². The summed E-state index contributed by atoms with van der Waals surface area (Å²) >= 11 is 0. The zero-order valence-electron chi connectivity index (χ0n) is 11.3. The zero-order valence-corrected chi connectivity index (χ0v) is 11.3. The molecule has 108 valence electrons. The minimum atomic E-state index is -0.545. The number of nitrogens with two attached hydrogens (primary N) is 1. The Bertz CT molecular complexity index is 859. The van der Waals surface area contributed by atoms with E-state index in [0.717, 1.165) is 4.57 Å². The van der Waals surface area contributed by atoms with E-state index in [2.05, 4.69) is 10.5 Å². The molecule has 0 spiro atoms. The van der Waals surface area contributed by atoms with Gasteiger partial charge in [0.1, 0.15) is 5.71 Å². The van der Waals surface area contributed by atoms with Gasteiger partial charge in [-0.1, -0.05) is 0 Å². The molecule has 0 saturated heterocycles. The van der Waals surface area contributed by atoms with Crippen molar-refractivity contribution >= 4 is 34.2 Å². The lowest BCUT2D eigenvalue weighted by molar-refractivity contribution is -0.121. The number of fused-ring (bicyclic) bond motifs is 1. The van der Waals surface area contributed by atoms with Crippen LogP contribution < -0.4 is 16.8 Å². The van der Waals surface area contributed by atoms with Gasteiger partial charge in [-0.05, 0) is 18.2 Å². The van der Waals surface area contributed by atoms with Crippen molar-refractivity contribution in [2.24, 2.45) is 12.1 Å². The zero-order chi connectivity index (χ0) is 15.1. The number of nitrogen functional groups attached to an aromatic ring is 1. The molecule has 2 heterocycles. The molecule has 8 nitrogen and oxygen atoms in total. The minimum Gasteiger partial charge on any atom is -0.399 e. The first-order valence-electron chi connectivity index (χ1n) is 6.36. The quantitative estimate of drug-likeness (QED) is 0.709. The fourth-order valence-electron chi connectivity index (χ4n) is 2.31. The van der Waals surface area contributed by atoms with Gasteiger partial charge < -0.3 is 5.73 Å². The number of rotatable bonds is 1. The maximum absolute atomic E-state index is 12.5. The van der Waals surface area contributed by atoms with Crippen molar-refractivity contribution in [3.8, 4) is 0 Å². The number of imidazole rings is 1. The van der Waals surface area contributed by atoms with Crippen molar-refractivity contribution in [1.82, 2.24) is 14.6 Å². The van der Waals surface area contributed by atoms with Crippen LogP contribution in [0.5, 0.6) is 0 Å². The summed E-state index contributed by atoms with van der Waals surface area (Å²) < 4.78 is 2.40. The van der Waals surface area contributed by atoms with Crippen LogP contribution >= 0.6 is 0 Å². The molecule has 3 N–H and O–H groups in total. The molecule has 1 aromatic carbocycles. The van der Waals surface area contributed by atoms with E-state index in [1.807, 2.05) is 0 Å². The molecule has 8 heteroatoms. The van der Waals surface area contributed by atoms with E-state index in [1.54, 1.807) is 25.2 Å². The highest BCUT2D eigenvalue weighted by atomic mass is 16.2. The lowest BCUT2D eigenvalue weighted by atomic mass is 10.1. The van der Waals surface area contributed by atoms with Crippen LogP contribution in [0.4, 0.5) is 5.69 Å². The van der Waals surface area contributed by atoms with Crippen LogP contribution in [0.15, 0.2) is 28.1 Å². The van der Waals surface area contributed by atoms with Crippen LogP contribution in [0.1, 0.15) is 17.6 Å². The number of aryl methyl sites for hydroxylation is 1. The van der Waals surface area contributed by atoms with Crippen molar-refractivity contribution < 1.29 is 9.59 Å². The molecule has 1 amide bonds. The summed E-state index contributed by atoms with van der Waals surface area (Å²) in [5.41, 5.74) is 9.12. The van der Waals surface area contributed by atoms with Gasteiger partial charge >= 0.3 is 5.69 Å². The van der Waals surface area contributed by atoms with Gasteiger partial charge in [0.05, 0.1) is 11.0 Å². The summed E-state index contributed by atoms with van der Waals surface area (Å²) in [6, 6.07) is 4.91. The standard InChI is InChI=1S/C13H13N5O3/c1-17-9-4-2-7(14)6-10(9)18(13(17)21)12(20)8-3-5-11(19)16-15-8/h2,4,6H,3,5,14H2,1H3,(H,16,19). The van der Waals surface area contributed by atoms with Gasteiger partial charge in [-0.3, -0.25) is 14.2 Å². The number of hydrogen-bond acceptors (Lipinski definition) is 5. The van der Waals surface area contributed by atoms with Crippen LogP contribution in [0.3, 0.4) is 0 Å². The lowest BCUT2D eigenvalue weighted by Crippen LogP contribution is -2.37. The van der Waals surface area contributed by atoms with Crippen LogP contribution in [0.25, 0.3) is 11.0 Å². The number of nitrogens with zero attached hydrogens (tertiary/aromatic N) is 3.